The van der Waals surface area contributed by atoms with Gasteiger partial charge in [-0.25, -0.2) is 0 Å². The molecule has 1 atom stereocenters. The molecular formula is C16H20N2O2. The van der Waals surface area contributed by atoms with Crippen molar-refractivity contribution in [3.05, 3.63) is 24.3 Å². The van der Waals surface area contributed by atoms with E-state index in [2.05, 4.69) is 19.2 Å². The third-order valence-electron chi connectivity index (χ3n) is 4.00. The van der Waals surface area contributed by atoms with Crippen LogP contribution in [0.1, 0.15) is 33.1 Å². The van der Waals surface area contributed by atoms with Gasteiger partial charge < -0.3 is 10.1 Å². The van der Waals surface area contributed by atoms with Crippen LogP contribution in [0.3, 0.4) is 0 Å². The Labute approximate surface area is 119 Å². The first-order chi connectivity index (χ1) is 9.53. The molecule has 106 valence electrons. The molecule has 0 aromatic heterocycles. The first kappa shape index (κ1) is 14.4. The van der Waals surface area contributed by atoms with Crippen LogP contribution in [-0.2, 0) is 4.79 Å². The lowest BCUT2D eigenvalue weighted by atomic mass is 9.81. The van der Waals surface area contributed by atoms with Crippen LogP contribution >= 0.6 is 0 Å². The predicted molar refractivity (Wildman–Crippen MR) is 77.3 cm³/mol. The summed E-state index contributed by atoms with van der Waals surface area (Å²) in [5.74, 6) is 0.806. The number of amides is 1. The average Bonchev–Trinajstić information content (AvgIpc) is 2.77. The van der Waals surface area contributed by atoms with E-state index in [1.807, 2.05) is 6.07 Å². The molecule has 1 saturated carbocycles. The number of carbonyl (C=O) groups is 1. The van der Waals surface area contributed by atoms with Gasteiger partial charge in [-0.05, 0) is 42.5 Å². The van der Waals surface area contributed by atoms with Gasteiger partial charge in [-0.1, -0.05) is 20.3 Å². The highest BCUT2D eigenvalue weighted by Gasteiger charge is 2.39. The normalized spacial score (nSPS) is 20.1. The van der Waals surface area contributed by atoms with E-state index in [-0.39, 0.29) is 23.8 Å². The smallest absolute Gasteiger partial charge is 0.228 e. The molecule has 20 heavy (non-hydrogen) atoms. The number of nitrogens with one attached hydrogen (secondary N) is 1. The molecule has 1 N–H and O–H groups in total. The summed E-state index contributed by atoms with van der Waals surface area (Å²) in [6.45, 7) is 4.34. The van der Waals surface area contributed by atoms with Crippen molar-refractivity contribution in [2.45, 2.75) is 33.1 Å². The van der Waals surface area contributed by atoms with Gasteiger partial charge in [-0.2, -0.15) is 5.26 Å². The Bertz CT molecular complexity index is 514. The summed E-state index contributed by atoms with van der Waals surface area (Å²) in [7, 11) is 0. The molecule has 1 aliphatic rings. The van der Waals surface area contributed by atoms with E-state index in [0.29, 0.717) is 5.75 Å². The number of ether oxygens (including phenoxy) is 1. The molecule has 4 nitrogen and oxygen atoms in total. The lowest BCUT2D eigenvalue weighted by Gasteiger charge is -2.25. The molecule has 1 unspecified atom stereocenters. The summed E-state index contributed by atoms with van der Waals surface area (Å²) in [4.78, 5) is 12.3. The predicted octanol–water partition coefficient (Wildman–Crippen LogP) is 3.35. The van der Waals surface area contributed by atoms with Gasteiger partial charge in [0, 0.05) is 11.6 Å². The van der Waals surface area contributed by atoms with E-state index < -0.39 is 0 Å². The Morgan fingerprint density at radius 3 is 2.70 bits per heavy atom. The quantitative estimate of drug-likeness (QED) is 0.914. The molecule has 0 saturated heterocycles. The summed E-state index contributed by atoms with van der Waals surface area (Å²) in [6, 6.07) is 9.03. The second kappa shape index (κ2) is 5.96. The molecular weight excluding hydrogens is 252 g/mol. The maximum atomic E-state index is 12.3. The molecule has 1 fully saturated rings. The van der Waals surface area contributed by atoms with Gasteiger partial charge >= 0.3 is 0 Å². The van der Waals surface area contributed by atoms with Crippen LogP contribution < -0.4 is 10.1 Å². The van der Waals surface area contributed by atoms with Gasteiger partial charge in [0.1, 0.15) is 11.8 Å². The minimum Gasteiger partial charge on any atom is -0.479 e. The first-order valence-electron chi connectivity index (χ1n) is 6.93. The second-order valence-electron chi connectivity index (χ2n) is 5.89. The SMILES string of the molecule is CC1(C)CCCC1C(=O)Nc1ccc(OCC#N)cc1. The van der Waals surface area contributed by atoms with Crippen LogP contribution in [0.4, 0.5) is 5.69 Å². The lowest BCUT2D eigenvalue weighted by molar-refractivity contribution is -0.122. The molecule has 1 aromatic carbocycles. The van der Waals surface area contributed by atoms with Crippen LogP contribution in [0.25, 0.3) is 0 Å². The topological polar surface area (TPSA) is 62.1 Å². The molecule has 2 rings (SSSR count). The summed E-state index contributed by atoms with van der Waals surface area (Å²) >= 11 is 0. The Balaban J connectivity index is 1.96. The van der Waals surface area contributed by atoms with Crippen molar-refractivity contribution in [1.82, 2.24) is 0 Å². The average molecular weight is 272 g/mol. The molecule has 0 aliphatic heterocycles. The Morgan fingerprint density at radius 1 is 1.45 bits per heavy atom. The van der Waals surface area contributed by atoms with Crippen LogP contribution in [0.15, 0.2) is 24.3 Å². The van der Waals surface area contributed by atoms with Gasteiger partial charge in [-0.3, -0.25) is 4.79 Å². The van der Waals surface area contributed by atoms with Crippen molar-refractivity contribution in [2.75, 3.05) is 11.9 Å². The van der Waals surface area contributed by atoms with Crippen molar-refractivity contribution < 1.29 is 9.53 Å². The zero-order chi connectivity index (χ0) is 14.6. The van der Waals surface area contributed by atoms with Gasteiger partial charge in [0.2, 0.25) is 5.91 Å². The molecule has 0 spiro atoms. The number of carbonyl (C=O) groups excluding carboxylic acids is 1. The van der Waals surface area contributed by atoms with E-state index in [1.54, 1.807) is 24.3 Å². The van der Waals surface area contributed by atoms with Crippen molar-refractivity contribution in [3.8, 4) is 11.8 Å². The molecule has 1 aromatic rings. The van der Waals surface area contributed by atoms with Crippen LogP contribution in [0.5, 0.6) is 5.75 Å². The Kier molecular flexibility index (Phi) is 4.29. The highest BCUT2D eigenvalue weighted by molar-refractivity contribution is 5.93. The minimum absolute atomic E-state index is 0.0297. The fourth-order valence-electron chi connectivity index (χ4n) is 2.79. The molecule has 1 aliphatic carbocycles. The van der Waals surface area contributed by atoms with Crippen LogP contribution in [0.2, 0.25) is 0 Å². The standard InChI is InChI=1S/C16H20N2O2/c1-16(2)9-3-4-14(16)15(19)18-12-5-7-13(8-6-12)20-11-10-17/h5-8,14H,3-4,9,11H2,1-2H3,(H,18,19). The highest BCUT2D eigenvalue weighted by Crippen LogP contribution is 2.43. The first-order valence-corrected chi connectivity index (χ1v) is 6.93. The molecule has 0 bridgehead atoms. The third-order valence-corrected chi connectivity index (χ3v) is 4.00. The number of nitrogens with zero attached hydrogens (tertiary/aromatic N) is 1. The van der Waals surface area contributed by atoms with Crippen molar-refractivity contribution in [2.24, 2.45) is 11.3 Å². The van der Waals surface area contributed by atoms with Crippen molar-refractivity contribution in [1.29, 1.82) is 5.26 Å². The summed E-state index contributed by atoms with van der Waals surface area (Å²) in [5, 5.41) is 11.4. The summed E-state index contributed by atoms with van der Waals surface area (Å²) in [5.41, 5.74) is 0.849. The fourth-order valence-corrected chi connectivity index (χ4v) is 2.79. The zero-order valence-corrected chi connectivity index (χ0v) is 12.0. The molecule has 0 heterocycles. The second-order valence-corrected chi connectivity index (χ2v) is 5.89. The Hall–Kier alpha value is -2.02. The fraction of sp³-hybridized carbons (Fsp3) is 0.500. The maximum absolute atomic E-state index is 12.3. The minimum atomic E-state index is 0.0297. The van der Waals surface area contributed by atoms with E-state index in [1.165, 1.54) is 0 Å². The van der Waals surface area contributed by atoms with Crippen molar-refractivity contribution >= 4 is 11.6 Å². The third kappa shape index (κ3) is 3.30. The largest absolute Gasteiger partial charge is 0.479 e. The number of hydrogen-bond acceptors (Lipinski definition) is 3. The van der Waals surface area contributed by atoms with Gasteiger partial charge in [0.15, 0.2) is 6.61 Å². The highest BCUT2D eigenvalue weighted by atomic mass is 16.5. The Morgan fingerprint density at radius 2 is 2.15 bits per heavy atom. The van der Waals surface area contributed by atoms with E-state index >= 15 is 0 Å². The number of rotatable bonds is 4. The number of nitriles is 1. The van der Waals surface area contributed by atoms with Crippen LogP contribution in [0, 0.1) is 22.7 Å². The number of hydrogen-bond donors (Lipinski definition) is 1. The number of benzene rings is 1. The summed E-state index contributed by atoms with van der Waals surface area (Å²) in [6.07, 6.45) is 3.18. The molecule has 1 amide bonds. The number of anilines is 1. The van der Waals surface area contributed by atoms with E-state index in [0.717, 1.165) is 24.9 Å². The van der Waals surface area contributed by atoms with Gasteiger partial charge in [0.25, 0.3) is 0 Å². The summed E-state index contributed by atoms with van der Waals surface area (Å²) < 4.78 is 5.17. The van der Waals surface area contributed by atoms with Crippen molar-refractivity contribution in [3.63, 3.8) is 0 Å². The lowest BCUT2D eigenvalue weighted by Crippen LogP contribution is -2.30. The van der Waals surface area contributed by atoms with Gasteiger partial charge in [-0.15, -0.1) is 0 Å². The monoisotopic (exact) mass is 272 g/mol. The molecule has 0 radical (unpaired) electrons. The molecule has 4 heteroatoms. The van der Waals surface area contributed by atoms with Crippen LogP contribution in [-0.4, -0.2) is 12.5 Å². The van der Waals surface area contributed by atoms with E-state index in [9.17, 15) is 4.79 Å². The zero-order valence-electron chi connectivity index (χ0n) is 12.0. The van der Waals surface area contributed by atoms with E-state index in [4.69, 9.17) is 10.00 Å². The maximum Gasteiger partial charge on any atom is 0.228 e. The van der Waals surface area contributed by atoms with Gasteiger partial charge in [0.05, 0.1) is 0 Å².